The second-order valence-electron chi connectivity index (χ2n) is 4.79. The van der Waals surface area contributed by atoms with Crippen molar-refractivity contribution in [3.05, 3.63) is 35.6 Å². The maximum absolute atomic E-state index is 13.3. The van der Waals surface area contributed by atoms with Gasteiger partial charge in [-0.25, -0.2) is 4.39 Å². The lowest BCUT2D eigenvalue weighted by molar-refractivity contribution is 0.0784. The molecule has 0 unspecified atom stereocenters. The molecule has 1 aromatic rings. The molecule has 92 valence electrons. The van der Waals surface area contributed by atoms with Crippen LogP contribution in [0.1, 0.15) is 24.8 Å². The topological polar surface area (TPSA) is 59.1 Å². The summed E-state index contributed by atoms with van der Waals surface area (Å²) in [6.45, 7) is 0.841. The molecule has 4 heteroatoms. The summed E-state index contributed by atoms with van der Waals surface area (Å²) in [6.07, 6.45) is 2.68. The minimum Gasteiger partial charge on any atom is -0.388 e. The second-order valence-corrected chi connectivity index (χ2v) is 4.79. The first-order valence-corrected chi connectivity index (χ1v) is 5.75. The highest BCUT2D eigenvalue weighted by atomic mass is 19.1. The molecule has 1 aliphatic carbocycles. The van der Waals surface area contributed by atoms with Crippen molar-refractivity contribution >= 4 is 5.84 Å². The number of ether oxygens (including phenoxy) is 1. The van der Waals surface area contributed by atoms with E-state index < -0.39 is 0 Å². The van der Waals surface area contributed by atoms with E-state index in [2.05, 4.69) is 0 Å². The third kappa shape index (κ3) is 3.27. The summed E-state index contributed by atoms with van der Waals surface area (Å²) in [5.74, 6) is -0.0269. The Morgan fingerprint density at radius 3 is 2.71 bits per heavy atom. The van der Waals surface area contributed by atoms with Crippen molar-refractivity contribution in [3.63, 3.8) is 0 Å². The lowest BCUT2D eigenvalue weighted by atomic mass is 10.0. The smallest absolute Gasteiger partial charge is 0.128 e. The van der Waals surface area contributed by atoms with E-state index in [-0.39, 0.29) is 23.7 Å². The van der Waals surface area contributed by atoms with Gasteiger partial charge in [-0.15, -0.1) is 0 Å². The van der Waals surface area contributed by atoms with Crippen LogP contribution in [0.25, 0.3) is 0 Å². The van der Waals surface area contributed by atoms with Crippen LogP contribution in [-0.4, -0.2) is 12.4 Å². The average Bonchev–Trinajstić information content (AvgIpc) is 3.00. The third-order valence-corrected chi connectivity index (χ3v) is 3.15. The molecule has 1 aromatic carbocycles. The van der Waals surface area contributed by atoms with Gasteiger partial charge in [0.15, 0.2) is 0 Å². The number of hydrogen-bond donors (Lipinski definition) is 2. The lowest BCUT2D eigenvalue weighted by Crippen LogP contribution is -2.20. The highest BCUT2D eigenvalue weighted by Gasteiger charge is 2.43. The van der Waals surface area contributed by atoms with E-state index in [1.165, 1.54) is 6.07 Å². The highest BCUT2D eigenvalue weighted by Crippen LogP contribution is 2.48. The molecule has 0 saturated heterocycles. The summed E-state index contributed by atoms with van der Waals surface area (Å²) in [7, 11) is 0. The van der Waals surface area contributed by atoms with E-state index in [0.717, 1.165) is 12.8 Å². The van der Waals surface area contributed by atoms with Gasteiger partial charge in [-0.2, -0.15) is 0 Å². The predicted molar refractivity (Wildman–Crippen MR) is 64.3 cm³/mol. The fraction of sp³-hybridized carbons (Fsp3) is 0.462. The zero-order valence-electron chi connectivity index (χ0n) is 9.71. The van der Waals surface area contributed by atoms with Gasteiger partial charge in [0.05, 0.1) is 19.0 Å². The maximum Gasteiger partial charge on any atom is 0.128 e. The van der Waals surface area contributed by atoms with E-state index in [1.54, 1.807) is 18.2 Å². The summed E-state index contributed by atoms with van der Waals surface area (Å²) in [5, 5.41) is 7.29. The Morgan fingerprint density at radius 2 is 2.12 bits per heavy atom. The van der Waals surface area contributed by atoms with Gasteiger partial charge in [0.25, 0.3) is 0 Å². The van der Waals surface area contributed by atoms with Crippen LogP contribution in [0.2, 0.25) is 0 Å². The number of benzene rings is 1. The standard InChI is InChI=1S/C13H17FN2O/c14-11-4-2-1-3-10(11)8-17-9-13(5-6-13)7-12(15)16/h1-4H,5-9H2,(H3,15,16). The number of rotatable bonds is 6. The predicted octanol–water partition coefficient (Wildman–Crippen LogP) is 2.45. The molecule has 17 heavy (non-hydrogen) atoms. The normalized spacial score (nSPS) is 16.8. The zero-order chi connectivity index (χ0) is 12.3. The van der Waals surface area contributed by atoms with Crippen LogP contribution in [0.3, 0.4) is 0 Å². The first kappa shape index (κ1) is 12.0. The van der Waals surface area contributed by atoms with E-state index in [9.17, 15) is 4.39 Å². The molecule has 1 aliphatic rings. The third-order valence-electron chi connectivity index (χ3n) is 3.15. The molecule has 1 saturated carbocycles. The van der Waals surface area contributed by atoms with Gasteiger partial charge in [0.1, 0.15) is 5.82 Å². The Kier molecular flexibility index (Phi) is 3.43. The van der Waals surface area contributed by atoms with Crippen LogP contribution in [0, 0.1) is 16.6 Å². The molecule has 3 nitrogen and oxygen atoms in total. The second kappa shape index (κ2) is 4.84. The van der Waals surface area contributed by atoms with Crippen LogP contribution in [0.15, 0.2) is 24.3 Å². The number of amidine groups is 1. The van der Waals surface area contributed by atoms with Crippen molar-refractivity contribution in [2.45, 2.75) is 25.9 Å². The first-order valence-electron chi connectivity index (χ1n) is 5.75. The molecule has 0 radical (unpaired) electrons. The molecular formula is C13H17FN2O. The maximum atomic E-state index is 13.3. The van der Waals surface area contributed by atoms with Gasteiger partial charge in [-0.05, 0) is 18.9 Å². The Morgan fingerprint density at radius 1 is 1.41 bits per heavy atom. The summed E-state index contributed by atoms with van der Waals surface area (Å²) in [5.41, 5.74) is 6.02. The molecule has 0 aromatic heterocycles. The van der Waals surface area contributed by atoms with Crippen molar-refractivity contribution in [1.29, 1.82) is 5.41 Å². The first-order chi connectivity index (χ1) is 8.11. The van der Waals surface area contributed by atoms with Crippen molar-refractivity contribution in [2.24, 2.45) is 11.1 Å². The van der Waals surface area contributed by atoms with Crippen LogP contribution in [0.5, 0.6) is 0 Å². The van der Waals surface area contributed by atoms with Gasteiger partial charge in [0.2, 0.25) is 0 Å². The molecule has 0 amide bonds. The molecule has 0 heterocycles. The van der Waals surface area contributed by atoms with Gasteiger partial charge >= 0.3 is 0 Å². The minimum atomic E-state index is -0.232. The summed E-state index contributed by atoms with van der Waals surface area (Å²) >= 11 is 0. The summed E-state index contributed by atoms with van der Waals surface area (Å²) < 4.78 is 18.8. The lowest BCUT2D eigenvalue weighted by Gasteiger charge is -2.14. The van der Waals surface area contributed by atoms with Crippen LogP contribution < -0.4 is 5.73 Å². The highest BCUT2D eigenvalue weighted by molar-refractivity contribution is 5.78. The molecule has 2 rings (SSSR count). The van der Waals surface area contributed by atoms with E-state index in [4.69, 9.17) is 15.9 Å². The van der Waals surface area contributed by atoms with Gasteiger partial charge in [0, 0.05) is 17.4 Å². The molecule has 0 bridgehead atoms. The van der Waals surface area contributed by atoms with Crippen molar-refractivity contribution in [3.8, 4) is 0 Å². The van der Waals surface area contributed by atoms with Gasteiger partial charge in [-0.1, -0.05) is 18.2 Å². The molecule has 1 fully saturated rings. The quantitative estimate of drug-likeness (QED) is 0.588. The Labute approximate surface area is 100 Å². The molecular weight excluding hydrogens is 219 g/mol. The molecule has 0 aliphatic heterocycles. The average molecular weight is 236 g/mol. The minimum absolute atomic E-state index is 0.0527. The number of nitrogens with one attached hydrogen (secondary N) is 1. The van der Waals surface area contributed by atoms with Crippen LogP contribution in [-0.2, 0) is 11.3 Å². The summed E-state index contributed by atoms with van der Waals surface area (Å²) in [4.78, 5) is 0. The van der Waals surface area contributed by atoms with E-state index in [0.29, 0.717) is 18.6 Å². The van der Waals surface area contributed by atoms with Crippen LogP contribution >= 0.6 is 0 Å². The number of nitrogens with two attached hydrogens (primary N) is 1. The van der Waals surface area contributed by atoms with Gasteiger partial charge in [-0.3, -0.25) is 5.41 Å². The van der Waals surface area contributed by atoms with E-state index in [1.807, 2.05) is 0 Å². The Balaban J connectivity index is 1.80. The SMILES string of the molecule is N=C(N)CC1(COCc2ccccc2F)CC1. The fourth-order valence-corrected chi connectivity index (χ4v) is 1.95. The summed E-state index contributed by atoms with van der Waals surface area (Å²) in [6, 6.07) is 6.61. The fourth-order valence-electron chi connectivity index (χ4n) is 1.95. The molecule has 3 N–H and O–H groups in total. The number of hydrogen-bond acceptors (Lipinski definition) is 2. The Bertz CT molecular complexity index is 416. The zero-order valence-corrected chi connectivity index (χ0v) is 9.71. The number of halogens is 1. The van der Waals surface area contributed by atoms with Crippen LogP contribution in [0.4, 0.5) is 4.39 Å². The van der Waals surface area contributed by atoms with Crippen molar-refractivity contribution < 1.29 is 9.13 Å². The molecule has 0 spiro atoms. The van der Waals surface area contributed by atoms with E-state index >= 15 is 0 Å². The van der Waals surface area contributed by atoms with Crippen molar-refractivity contribution in [1.82, 2.24) is 0 Å². The molecule has 0 atom stereocenters. The van der Waals surface area contributed by atoms with Crippen molar-refractivity contribution in [2.75, 3.05) is 6.61 Å². The monoisotopic (exact) mass is 236 g/mol. The largest absolute Gasteiger partial charge is 0.388 e. The van der Waals surface area contributed by atoms with Gasteiger partial charge < -0.3 is 10.5 Å². The Hall–Kier alpha value is -1.42.